The minimum Gasteiger partial charge on any atom is -0.407 e. The van der Waals surface area contributed by atoms with E-state index in [9.17, 15) is 33.3 Å². The summed E-state index contributed by atoms with van der Waals surface area (Å²) in [6.45, 7) is 10.5. The molecule has 10 atom stereocenters. The fourth-order valence-corrected chi connectivity index (χ4v) is 10.7. The number of imidazole rings is 2. The molecule has 33 heteroatoms. The molecule has 0 bridgehead atoms. The van der Waals surface area contributed by atoms with Crippen LogP contribution in [0.25, 0.3) is 22.3 Å². The van der Waals surface area contributed by atoms with E-state index in [1.165, 1.54) is 15.5 Å². The summed E-state index contributed by atoms with van der Waals surface area (Å²) in [6, 6.07) is -1.45. The first-order valence-electron chi connectivity index (χ1n) is 22.1. The Hall–Kier alpha value is -4.11. The van der Waals surface area contributed by atoms with Crippen LogP contribution in [-0.4, -0.2) is 172 Å². The number of hydrogen-bond acceptors (Lipinski definition) is 23. The van der Waals surface area contributed by atoms with Crippen LogP contribution in [-0.2, 0) is 64.9 Å². The van der Waals surface area contributed by atoms with Gasteiger partial charge in [-0.2, -0.15) is 9.97 Å². The number of carbonyl (C=O) groups excluding carboxylic acids is 1. The fraction of sp³-hybridized carbons (Fsp3) is 0.703. The molecule has 0 spiro atoms. The Morgan fingerprint density at radius 3 is 1.76 bits per heavy atom. The van der Waals surface area contributed by atoms with Gasteiger partial charge >= 0.3 is 15.6 Å². The number of nitrogen functional groups attached to an aromatic ring is 2. The highest BCUT2D eigenvalue weighted by atomic mass is 31.2. The Morgan fingerprint density at radius 2 is 1.24 bits per heavy atom. The average molecular weight is 1050 g/mol. The van der Waals surface area contributed by atoms with Crippen LogP contribution >= 0.6 is 15.6 Å². The predicted octanol–water partition coefficient (Wildman–Crippen LogP) is -0.480. The number of phosphoric acid groups is 2. The molecule has 0 aromatic carbocycles. The SMILES string of the molecule is CC(C)(C)[Si](C)(C)OC1C2OP(=O)(O)OC[C@H]3O[C@@H](n4cnc5c(=O)[nH]c(N)nc54)C(NC(=O)CCOCCOCCOCCOCCN)[C@H]3OP(=O)(O)OC[C@H]2O[C@H]1n1cnc2c(=O)[nH]c(N)nc21. The molecule has 7 heterocycles. The lowest BCUT2D eigenvalue weighted by molar-refractivity contribution is -0.124. The Bertz CT molecular complexity index is 2660. The van der Waals surface area contributed by atoms with Crippen LogP contribution in [0.3, 0.4) is 0 Å². The molecular weight excluding hydrogens is 991 g/mol. The number of nitrogens with zero attached hydrogens (tertiary/aromatic N) is 6. The summed E-state index contributed by atoms with van der Waals surface area (Å²) in [4.78, 5) is 83.5. The van der Waals surface area contributed by atoms with Crippen molar-refractivity contribution >= 4 is 64.1 Å². The molecule has 5 unspecified atom stereocenters. The smallest absolute Gasteiger partial charge is 0.407 e. The third-order valence-corrected chi connectivity index (χ3v) is 18.3. The maximum absolute atomic E-state index is 14.1. The Kier molecular flexibility index (Phi) is 17.1. The molecule has 0 radical (unpaired) electrons. The number of carbonyl (C=O) groups is 1. The van der Waals surface area contributed by atoms with Gasteiger partial charge in [0.25, 0.3) is 11.1 Å². The summed E-state index contributed by atoms with van der Waals surface area (Å²) in [5.74, 6) is -1.20. The van der Waals surface area contributed by atoms with Gasteiger partial charge in [0.1, 0.15) is 36.6 Å². The third-order valence-electron chi connectivity index (χ3n) is 11.8. The van der Waals surface area contributed by atoms with Crippen LogP contribution in [0.2, 0.25) is 18.1 Å². The quantitative estimate of drug-likeness (QED) is 0.0334. The lowest BCUT2D eigenvalue weighted by atomic mass is 10.1. The Labute approximate surface area is 399 Å². The standard InChI is InChI=1S/C37H60N12O18P2Si/c1-37(2,3)70(4,5)67-28-27-21(64-34(28)49-19-42-25-30(49)45-36(40)47-32(25)52)17-62-68(53,54)65-26-20(16-61-69(55,56)66-27)63-33(48-18-41-24-29(48)44-35(39)46-31(24)51)23(26)43-22(50)6-8-57-10-12-59-14-15-60-13-11-58-9-7-38/h18-21,23,26-28,33-34H,6-17,38H2,1-5H3,(H,43,50)(H,53,54)(H,55,56)(H3,39,44,46,51)(H3,40,45,47,52)/t20-,21-,23?,26+,27?,28?,33-,34-/m1/s1. The number of nitrogens with one attached hydrogen (secondary N) is 3. The van der Waals surface area contributed by atoms with Crippen molar-refractivity contribution in [3.63, 3.8) is 0 Å². The normalized spacial score (nSPS) is 28.9. The number of H-pyrrole nitrogens is 2. The number of aromatic amines is 2. The second-order valence-electron chi connectivity index (χ2n) is 17.8. The number of fused-ring (bicyclic) bond motifs is 4. The minimum atomic E-state index is -5.26. The lowest BCUT2D eigenvalue weighted by Gasteiger charge is -2.40. The van der Waals surface area contributed by atoms with E-state index in [2.05, 4.69) is 35.2 Å². The molecule has 3 fully saturated rings. The molecule has 0 aliphatic carbocycles. The van der Waals surface area contributed by atoms with Crippen molar-refractivity contribution in [2.24, 2.45) is 5.73 Å². The maximum Gasteiger partial charge on any atom is 0.472 e. The van der Waals surface area contributed by atoms with Crippen LogP contribution in [0.5, 0.6) is 0 Å². The van der Waals surface area contributed by atoms with Crippen LogP contribution < -0.4 is 33.6 Å². The third kappa shape index (κ3) is 12.7. The van der Waals surface area contributed by atoms with Gasteiger partial charge in [0.05, 0.1) is 78.7 Å². The number of hydrogen-bond donors (Lipinski definition) is 8. The number of phosphoric ester groups is 2. The van der Waals surface area contributed by atoms with Crippen molar-refractivity contribution in [1.29, 1.82) is 0 Å². The van der Waals surface area contributed by atoms with Crippen molar-refractivity contribution in [3.05, 3.63) is 33.4 Å². The molecule has 4 aromatic rings. The van der Waals surface area contributed by atoms with E-state index in [1.54, 1.807) is 0 Å². The van der Waals surface area contributed by atoms with Gasteiger partial charge in [-0.3, -0.25) is 51.6 Å². The van der Waals surface area contributed by atoms with E-state index in [0.29, 0.717) is 39.6 Å². The molecule has 30 nitrogen and oxygen atoms in total. The number of rotatable bonds is 19. The fourth-order valence-electron chi connectivity index (χ4n) is 7.46. The number of ether oxygens (including phenoxy) is 6. The van der Waals surface area contributed by atoms with E-state index in [1.807, 2.05) is 33.9 Å². The zero-order valence-corrected chi connectivity index (χ0v) is 41.8. The first kappa shape index (κ1) is 53.7. The molecule has 3 aliphatic heterocycles. The number of aromatic nitrogens is 8. The topological polar surface area (TPSA) is 410 Å². The van der Waals surface area contributed by atoms with Crippen LogP contribution in [0.1, 0.15) is 39.6 Å². The van der Waals surface area contributed by atoms with Crippen LogP contribution in [0.4, 0.5) is 11.9 Å². The van der Waals surface area contributed by atoms with Gasteiger partial charge in [-0.25, -0.2) is 19.1 Å². The summed E-state index contributed by atoms with van der Waals surface area (Å²) in [5, 5.41) is 2.28. The van der Waals surface area contributed by atoms with E-state index in [4.69, 9.17) is 68.1 Å². The predicted molar refractivity (Wildman–Crippen MR) is 245 cm³/mol. The molecule has 3 aliphatic rings. The van der Waals surface area contributed by atoms with Crippen LogP contribution in [0.15, 0.2) is 22.2 Å². The summed E-state index contributed by atoms with van der Waals surface area (Å²) >= 11 is 0. The summed E-state index contributed by atoms with van der Waals surface area (Å²) in [5.41, 5.74) is 15.3. The highest BCUT2D eigenvalue weighted by molar-refractivity contribution is 7.47. The summed E-state index contributed by atoms with van der Waals surface area (Å²) < 4.78 is 94.8. The van der Waals surface area contributed by atoms with E-state index in [0.717, 1.165) is 6.33 Å². The average Bonchev–Trinajstić information content (AvgIpc) is 4.04. The molecule has 11 N–H and O–H groups in total. The van der Waals surface area contributed by atoms with Gasteiger partial charge in [0.15, 0.2) is 43.1 Å². The van der Waals surface area contributed by atoms with Crippen molar-refractivity contribution in [3.8, 4) is 0 Å². The molecular formula is C37H60N12O18P2Si. The van der Waals surface area contributed by atoms with Gasteiger partial charge < -0.3 is 65.2 Å². The van der Waals surface area contributed by atoms with Gasteiger partial charge in [-0.15, -0.1) is 0 Å². The number of amides is 1. The van der Waals surface area contributed by atoms with E-state index in [-0.39, 0.29) is 60.5 Å². The number of anilines is 2. The zero-order chi connectivity index (χ0) is 50.6. The molecule has 7 rings (SSSR count). The van der Waals surface area contributed by atoms with E-state index >= 15 is 0 Å². The highest BCUT2D eigenvalue weighted by Gasteiger charge is 2.57. The first-order chi connectivity index (χ1) is 33.1. The molecule has 0 saturated carbocycles. The van der Waals surface area contributed by atoms with Gasteiger partial charge in [0, 0.05) is 13.0 Å². The number of nitrogens with two attached hydrogens (primary N) is 3. The van der Waals surface area contributed by atoms with Crippen molar-refractivity contribution in [1.82, 2.24) is 44.4 Å². The highest BCUT2D eigenvalue weighted by Crippen LogP contribution is 2.55. The maximum atomic E-state index is 14.1. The van der Waals surface area contributed by atoms with E-state index < -0.39 is 108 Å². The largest absolute Gasteiger partial charge is 0.472 e. The minimum absolute atomic E-state index is 0.0346. The lowest BCUT2D eigenvalue weighted by Crippen LogP contribution is -2.49. The van der Waals surface area contributed by atoms with Crippen LogP contribution in [0, 0.1) is 0 Å². The first-order valence-corrected chi connectivity index (χ1v) is 28.0. The monoisotopic (exact) mass is 1050 g/mol. The van der Waals surface area contributed by atoms with Crippen molar-refractivity contribution in [2.45, 2.75) is 94.3 Å². The molecule has 70 heavy (non-hydrogen) atoms. The molecule has 4 aromatic heterocycles. The van der Waals surface area contributed by atoms with Crippen molar-refractivity contribution < 1.29 is 74.7 Å². The second kappa shape index (κ2) is 22.3. The molecule has 390 valence electrons. The van der Waals surface area contributed by atoms with Gasteiger partial charge in [-0.05, 0) is 18.1 Å². The van der Waals surface area contributed by atoms with Gasteiger partial charge in [0.2, 0.25) is 17.8 Å². The Balaban J connectivity index is 1.12. The van der Waals surface area contributed by atoms with Crippen molar-refractivity contribution in [2.75, 3.05) is 84.1 Å². The Morgan fingerprint density at radius 1 is 0.786 bits per heavy atom. The summed E-state index contributed by atoms with van der Waals surface area (Å²) in [6.07, 6.45) is -8.20. The molecule has 1 amide bonds. The second-order valence-corrected chi connectivity index (χ2v) is 25.3. The molecule has 3 saturated heterocycles. The zero-order valence-electron chi connectivity index (χ0n) is 39.0. The van der Waals surface area contributed by atoms with Gasteiger partial charge in [-0.1, -0.05) is 20.8 Å². The summed E-state index contributed by atoms with van der Waals surface area (Å²) in [7, 11) is -13.4.